The van der Waals surface area contributed by atoms with Gasteiger partial charge in [0.25, 0.3) is 5.91 Å². The van der Waals surface area contributed by atoms with Crippen LogP contribution in [0.4, 0.5) is 33.5 Å². The molecule has 2 aromatic heterocycles. The Bertz CT molecular complexity index is 1640. The fourth-order valence-electron chi connectivity index (χ4n) is 5.18. The average molecular weight is 783 g/mol. The highest BCUT2D eigenvalue weighted by atomic mass is 31.2. The third kappa shape index (κ3) is 13.2. The predicted molar refractivity (Wildman–Crippen MR) is 200 cm³/mol. The third-order valence-electron chi connectivity index (χ3n) is 8.48. The number of methoxy groups -OCH3 is 3. The molecular weight excluding hydrogens is 726 g/mol. The van der Waals surface area contributed by atoms with Gasteiger partial charge in [-0.15, -0.1) is 0 Å². The van der Waals surface area contributed by atoms with Gasteiger partial charge in [-0.2, -0.15) is 4.98 Å². The molecule has 0 bridgehead atoms. The number of hydrogen-bond acceptors (Lipinski definition) is 14. The maximum absolute atomic E-state index is 14.7. The molecule has 1 aromatic carbocycles. The molecule has 17 nitrogen and oxygen atoms in total. The number of carbonyl (C=O) groups excluding carboxylic acids is 1. The minimum Gasteiger partial charge on any atom is -0.790 e. The minimum atomic E-state index is -5.41. The Morgan fingerprint density at radius 3 is 1.85 bits per heavy atom. The van der Waals surface area contributed by atoms with E-state index in [0.29, 0.717) is 22.9 Å². The van der Waals surface area contributed by atoms with Crippen LogP contribution in [0.15, 0.2) is 30.5 Å². The van der Waals surface area contributed by atoms with Gasteiger partial charge in [0, 0.05) is 17.8 Å². The summed E-state index contributed by atoms with van der Waals surface area (Å²) in [4.78, 5) is 51.4. The van der Waals surface area contributed by atoms with Gasteiger partial charge in [0.2, 0.25) is 11.7 Å². The third-order valence-corrected chi connectivity index (χ3v) is 8.91. The Labute approximate surface area is 317 Å². The molecule has 0 atom stereocenters. The number of nitrogens with zero attached hydrogens (tertiary/aromatic N) is 4. The molecule has 1 aliphatic rings. The van der Waals surface area contributed by atoms with Gasteiger partial charge in [0.05, 0.1) is 74.6 Å². The zero-order chi connectivity index (χ0) is 40.6. The number of carbonyl (C=O) groups is 1. The van der Waals surface area contributed by atoms with Gasteiger partial charge in [-0.3, -0.25) is 9.69 Å². The standard InChI is InChI=1S/C23H26FN6O9P.2C6H15N/c1-23(2)21(31)30(11-38-40(32,33)34)20-14(39-23)6-7-17(28-20)27-19-13(24)10-25-22(29-19)26-12-8-15(35-3)18(37-5)16(9-12)36-4;2*1-4-7(5-2)6-3/h6-10H,11H2,1-5H3,(H2,32,33,34)(H2,25,26,27,28,29);2*4-6H2,1-3H3. The molecule has 4 rings (SSSR count). The first-order valence-electron chi connectivity index (χ1n) is 17.8. The Kier molecular flexibility index (Phi) is 18.3. The monoisotopic (exact) mass is 782 g/mol. The summed E-state index contributed by atoms with van der Waals surface area (Å²) < 4.78 is 51.6. The van der Waals surface area contributed by atoms with E-state index in [-0.39, 0.29) is 29.2 Å². The number of aromatic nitrogens is 3. The first-order chi connectivity index (χ1) is 25.5. The summed E-state index contributed by atoms with van der Waals surface area (Å²) >= 11 is 0. The van der Waals surface area contributed by atoms with Crippen LogP contribution in [0.2, 0.25) is 0 Å². The van der Waals surface area contributed by atoms with E-state index in [9.17, 15) is 23.5 Å². The van der Waals surface area contributed by atoms with Gasteiger partial charge in [-0.25, -0.2) is 14.4 Å². The van der Waals surface area contributed by atoms with E-state index < -0.39 is 31.9 Å². The fourth-order valence-corrected chi connectivity index (χ4v) is 5.44. The fraction of sp³-hybridized carbons (Fsp3) is 0.543. The second-order valence-electron chi connectivity index (χ2n) is 12.2. The highest BCUT2D eigenvalue weighted by Gasteiger charge is 2.42. The van der Waals surface area contributed by atoms with E-state index in [1.54, 1.807) is 21.9 Å². The van der Waals surface area contributed by atoms with E-state index >= 15 is 0 Å². The number of amides is 1. The summed E-state index contributed by atoms with van der Waals surface area (Å²) in [5, 5.41) is 5.60. The molecular formula is C35H56FN8O9P. The van der Waals surface area contributed by atoms with Gasteiger partial charge in [0.1, 0.15) is 12.5 Å². The summed E-state index contributed by atoms with van der Waals surface area (Å²) in [7, 11) is -1.04. The van der Waals surface area contributed by atoms with Crippen LogP contribution in [0, 0.1) is 5.82 Å². The molecule has 302 valence electrons. The summed E-state index contributed by atoms with van der Waals surface area (Å²) in [5.74, 6) is -0.806. The minimum absolute atomic E-state index is 0.00335. The predicted octanol–water partition coefficient (Wildman–Crippen LogP) is 1.69. The molecule has 3 aromatic rings. The number of phosphoric ester groups is 1. The van der Waals surface area contributed by atoms with E-state index in [2.05, 4.69) is 71.7 Å². The van der Waals surface area contributed by atoms with E-state index in [1.165, 1.54) is 86.6 Å². The molecule has 0 saturated carbocycles. The maximum Gasteiger partial charge on any atom is 0.273 e. The van der Waals surface area contributed by atoms with E-state index in [1.807, 2.05) is 0 Å². The molecule has 0 unspecified atom stereocenters. The van der Waals surface area contributed by atoms with Crippen molar-refractivity contribution in [1.29, 1.82) is 0 Å². The largest absolute Gasteiger partial charge is 0.790 e. The number of anilines is 5. The van der Waals surface area contributed by atoms with Crippen LogP contribution >= 0.6 is 7.82 Å². The van der Waals surface area contributed by atoms with E-state index in [4.69, 9.17) is 18.9 Å². The van der Waals surface area contributed by atoms with Gasteiger partial charge >= 0.3 is 0 Å². The molecule has 3 heterocycles. The van der Waals surface area contributed by atoms with Gasteiger partial charge in [0.15, 0.2) is 40.3 Å². The number of phosphoric acid groups is 1. The second-order valence-corrected chi connectivity index (χ2v) is 13.4. The van der Waals surface area contributed by atoms with Crippen molar-refractivity contribution in [3.05, 3.63) is 36.3 Å². The molecule has 4 N–H and O–H groups in total. The lowest BCUT2D eigenvalue weighted by atomic mass is 10.1. The number of quaternary nitrogens is 2. The van der Waals surface area contributed by atoms with Crippen LogP contribution in [0.1, 0.15) is 55.4 Å². The lowest BCUT2D eigenvalue weighted by Gasteiger charge is -2.39. The van der Waals surface area contributed by atoms with Crippen LogP contribution in [0.25, 0.3) is 0 Å². The Morgan fingerprint density at radius 1 is 0.870 bits per heavy atom. The Morgan fingerprint density at radius 2 is 1.41 bits per heavy atom. The first-order valence-corrected chi connectivity index (χ1v) is 19.2. The van der Waals surface area contributed by atoms with Crippen molar-refractivity contribution in [2.75, 3.05) is 82.9 Å². The van der Waals surface area contributed by atoms with Crippen LogP contribution in [0.5, 0.6) is 23.0 Å². The number of rotatable bonds is 16. The number of fused-ring (bicyclic) bond motifs is 1. The Hall–Kier alpha value is -4.32. The SMILES string of the molecule is CC[NH+](CC)CC.CC[NH+](CC)CC.COc1cc(Nc2ncc(F)c(Nc3ccc4c(n3)N(COP(=O)([O-])[O-])C(=O)C(C)(C)O4)n2)cc(OC)c1OC. The van der Waals surface area contributed by atoms with Crippen LogP contribution in [0.3, 0.4) is 0 Å². The summed E-state index contributed by atoms with van der Waals surface area (Å²) in [6, 6.07) is 6.05. The van der Waals surface area contributed by atoms with Gasteiger partial charge < -0.3 is 58.3 Å². The highest BCUT2D eigenvalue weighted by molar-refractivity contribution is 7.43. The van der Waals surface area contributed by atoms with Crippen LogP contribution in [-0.2, 0) is 13.9 Å². The maximum atomic E-state index is 14.7. The number of halogens is 1. The van der Waals surface area contributed by atoms with Gasteiger partial charge in [-0.05, 0) is 67.5 Å². The zero-order valence-corrected chi connectivity index (χ0v) is 34.0. The van der Waals surface area contributed by atoms with Crippen LogP contribution in [-0.4, -0.2) is 93.8 Å². The number of benzene rings is 1. The van der Waals surface area contributed by atoms with Crippen molar-refractivity contribution in [2.45, 2.75) is 61.0 Å². The number of nitrogens with one attached hydrogen (secondary N) is 4. The first kappa shape index (κ1) is 45.8. The number of ether oxygens (including phenoxy) is 4. The molecule has 0 aliphatic carbocycles. The Balaban J connectivity index is 0.000000610. The quantitative estimate of drug-likeness (QED) is 0.153. The lowest BCUT2D eigenvalue weighted by molar-refractivity contribution is -0.894. The normalized spacial score (nSPS) is 13.2. The van der Waals surface area contributed by atoms with E-state index in [0.717, 1.165) is 11.1 Å². The van der Waals surface area contributed by atoms with Gasteiger partial charge in [-0.1, -0.05) is 0 Å². The molecule has 0 spiro atoms. The second kappa shape index (κ2) is 21.5. The van der Waals surface area contributed by atoms with Crippen molar-refractivity contribution >= 4 is 42.8 Å². The summed E-state index contributed by atoms with van der Waals surface area (Å²) in [6.45, 7) is 22.9. The molecule has 0 saturated heterocycles. The smallest absolute Gasteiger partial charge is 0.273 e. The van der Waals surface area contributed by atoms with Crippen molar-refractivity contribution < 1.29 is 56.8 Å². The molecule has 0 radical (unpaired) electrons. The summed E-state index contributed by atoms with van der Waals surface area (Å²) in [5.41, 5.74) is -0.962. The van der Waals surface area contributed by atoms with Crippen molar-refractivity contribution in [1.82, 2.24) is 15.0 Å². The molecule has 1 amide bonds. The van der Waals surface area contributed by atoms with Crippen molar-refractivity contribution in [2.24, 2.45) is 0 Å². The highest BCUT2D eigenvalue weighted by Crippen LogP contribution is 2.41. The zero-order valence-electron chi connectivity index (χ0n) is 33.1. The molecule has 1 aliphatic heterocycles. The summed E-state index contributed by atoms with van der Waals surface area (Å²) in [6.07, 6.45) is 0.920. The molecule has 19 heteroatoms. The van der Waals surface area contributed by atoms with Crippen molar-refractivity contribution in [3.8, 4) is 23.0 Å². The topological polar surface area (TPSA) is 201 Å². The lowest BCUT2D eigenvalue weighted by Crippen LogP contribution is -3.11. The molecule has 0 fully saturated rings. The number of pyridine rings is 1. The molecule has 54 heavy (non-hydrogen) atoms. The average Bonchev–Trinajstić information content (AvgIpc) is 3.14. The number of hydrogen-bond donors (Lipinski definition) is 4. The van der Waals surface area contributed by atoms with Crippen molar-refractivity contribution in [3.63, 3.8) is 0 Å². The van der Waals surface area contributed by atoms with Crippen LogP contribution < -0.4 is 54.1 Å².